The van der Waals surface area contributed by atoms with Crippen LogP contribution in [0, 0.1) is 0 Å². The molecule has 20 heavy (non-hydrogen) atoms. The van der Waals surface area contributed by atoms with Gasteiger partial charge in [-0.1, -0.05) is 29.3 Å². The van der Waals surface area contributed by atoms with E-state index in [1.165, 1.54) is 0 Å². The molecular weight excluding hydrogens is 303 g/mol. The number of imide groups is 1. The monoisotopic (exact) mass is 318 g/mol. The first-order chi connectivity index (χ1) is 9.42. The molecule has 1 N–H and O–H groups in total. The molecule has 2 amide bonds. The van der Waals surface area contributed by atoms with Crippen molar-refractivity contribution in [2.75, 3.05) is 20.2 Å². The Morgan fingerprint density at radius 2 is 2.05 bits per heavy atom. The summed E-state index contributed by atoms with van der Waals surface area (Å²) < 4.78 is 4.62. The van der Waals surface area contributed by atoms with Gasteiger partial charge in [0.05, 0.1) is 13.2 Å². The fourth-order valence-electron chi connectivity index (χ4n) is 1.56. The Bertz CT molecular complexity index is 495. The summed E-state index contributed by atoms with van der Waals surface area (Å²) >= 11 is 11.9. The molecule has 7 heteroatoms. The number of ether oxygens (including phenoxy) is 1. The third kappa shape index (κ3) is 5.77. The Kier molecular flexibility index (Phi) is 6.78. The maximum Gasteiger partial charge on any atom is 0.413 e. The highest BCUT2D eigenvalue weighted by Crippen LogP contribution is 2.21. The number of alkyl carbamates (subject to hydrolysis) is 1. The molecular formula is C13H16Cl2N2O3. The molecule has 0 atom stereocenters. The molecule has 0 spiro atoms. The van der Waals surface area contributed by atoms with Gasteiger partial charge in [-0.25, -0.2) is 4.79 Å². The van der Waals surface area contributed by atoms with Gasteiger partial charge >= 0.3 is 6.09 Å². The normalized spacial score (nSPS) is 10.4. The van der Waals surface area contributed by atoms with Gasteiger partial charge in [-0.15, -0.1) is 0 Å². The number of benzene rings is 1. The average Bonchev–Trinajstić information content (AvgIpc) is 2.32. The summed E-state index contributed by atoms with van der Waals surface area (Å²) in [6, 6.07) is 5.17. The van der Waals surface area contributed by atoms with E-state index in [-0.39, 0.29) is 13.2 Å². The van der Waals surface area contributed by atoms with Gasteiger partial charge in [-0.3, -0.25) is 15.0 Å². The van der Waals surface area contributed by atoms with E-state index in [1.54, 1.807) is 37.1 Å². The maximum absolute atomic E-state index is 11.6. The number of rotatable bonds is 5. The van der Waals surface area contributed by atoms with Gasteiger partial charge in [0.2, 0.25) is 5.91 Å². The van der Waals surface area contributed by atoms with Gasteiger partial charge in [0.25, 0.3) is 0 Å². The second-order valence-electron chi connectivity index (χ2n) is 4.18. The van der Waals surface area contributed by atoms with Crippen LogP contribution < -0.4 is 5.32 Å². The van der Waals surface area contributed by atoms with Crippen LogP contribution in [-0.2, 0) is 16.1 Å². The molecule has 0 radical (unpaired) electrons. The highest BCUT2D eigenvalue weighted by molar-refractivity contribution is 6.35. The van der Waals surface area contributed by atoms with Crippen molar-refractivity contribution in [1.82, 2.24) is 10.2 Å². The molecule has 0 saturated carbocycles. The molecule has 5 nitrogen and oxygen atoms in total. The summed E-state index contributed by atoms with van der Waals surface area (Å²) in [5, 5.41) is 3.22. The number of hydrogen-bond donors (Lipinski definition) is 1. The van der Waals surface area contributed by atoms with Crippen LogP contribution in [0.2, 0.25) is 10.0 Å². The van der Waals surface area contributed by atoms with E-state index in [0.29, 0.717) is 16.6 Å². The summed E-state index contributed by atoms with van der Waals surface area (Å²) in [5.74, 6) is -0.434. The zero-order valence-electron chi connectivity index (χ0n) is 11.3. The topological polar surface area (TPSA) is 58.6 Å². The summed E-state index contributed by atoms with van der Waals surface area (Å²) in [6.45, 7) is 2.40. The molecule has 0 aromatic heterocycles. The van der Waals surface area contributed by atoms with Crippen LogP contribution >= 0.6 is 23.2 Å². The number of hydrogen-bond acceptors (Lipinski definition) is 4. The van der Waals surface area contributed by atoms with Crippen LogP contribution in [0.3, 0.4) is 0 Å². The summed E-state index contributed by atoms with van der Waals surface area (Å²) in [4.78, 5) is 24.4. The van der Waals surface area contributed by atoms with Gasteiger partial charge < -0.3 is 4.74 Å². The van der Waals surface area contributed by atoms with Crippen LogP contribution in [0.15, 0.2) is 18.2 Å². The molecule has 0 fully saturated rings. The Morgan fingerprint density at radius 3 is 2.65 bits per heavy atom. The lowest BCUT2D eigenvalue weighted by molar-refractivity contribution is -0.121. The molecule has 0 unspecified atom stereocenters. The van der Waals surface area contributed by atoms with E-state index in [4.69, 9.17) is 23.2 Å². The van der Waals surface area contributed by atoms with E-state index < -0.39 is 12.0 Å². The minimum absolute atomic E-state index is 0.0533. The molecule has 0 heterocycles. The van der Waals surface area contributed by atoms with Crippen LogP contribution in [0.1, 0.15) is 12.5 Å². The second-order valence-corrected chi connectivity index (χ2v) is 5.02. The van der Waals surface area contributed by atoms with Crippen molar-refractivity contribution < 1.29 is 14.3 Å². The lowest BCUT2D eigenvalue weighted by Gasteiger charge is -2.16. The molecule has 110 valence electrons. The Morgan fingerprint density at radius 1 is 1.35 bits per heavy atom. The predicted octanol–water partition coefficient (Wildman–Crippen LogP) is 2.70. The smallest absolute Gasteiger partial charge is 0.413 e. The number of nitrogens with one attached hydrogen (secondary N) is 1. The molecule has 1 aromatic rings. The van der Waals surface area contributed by atoms with Gasteiger partial charge in [-0.2, -0.15) is 0 Å². The third-order valence-corrected chi connectivity index (χ3v) is 2.97. The molecule has 1 aromatic carbocycles. The molecule has 0 aliphatic heterocycles. The second kappa shape index (κ2) is 8.09. The molecule has 0 aliphatic carbocycles. The number of halogens is 2. The zero-order chi connectivity index (χ0) is 15.1. The number of amides is 2. The molecule has 0 bridgehead atoms. The van der Waals surface area contributed by atoms with Gasteiger partial charge in [0.15, 0.2) is 0 Å². The first kappa shape index (κ1) is 16.8. The average molecular weight is 319 g/mol. The van der Waals surface area contributed by atoms with Crippen LogP contribution in [0.4, 0.5) is 4.79 Å². The number of nitrogens with zero attached hydrogens (tertiary/aromatic N) is 1. The van der Waals surface area contributed by atoms with E-state index in [2.05, 4.69) is 10.1 Å². The predicted molar refractivity (Wildman–Crippen MR) is 78.0 cm³/mol. The summed E-state index contributed by atoms with van der Waals surface area (Å²) in [6.07, 6.45) is -0.740. The van der Waals surface area contributed by atoms with Gasteiger partial charge in [0.1, 0.15) is 0 Å². The van der Waals surface area contributed by atoms with E-state index in [1.807, 2.05) is 0 Å². The van der Waals surface area contributed by atoms with Crippen LogP contribution in [0.5, 0.6) is 0 Å². The summed E-state index contributed by atoms with van der Waals surface area (Å²) in [5.41, 5.74) is 0.850. The quantitative estimate of drug-likeness (QED) is 0.906. The lowest BCUT2D eigenvalue weighted by Crippen LogP contribution is -2.38. The first-order valence-corrected chi connectivity index (χ1v) is 6.77. The van der Waals surface area contributed by atoms with E-state index in [9.17, 15) is 9.59 Å². The van der Waals surface area contributed by atoms with Gasteiger partial charge in [0, 0.05) is 16.6 Å². The Balaban J connectivity index is 2.48. The van der Waals surface area contributed by atoms with Crippen molar-refractivity contribution in [1.29, 1.82) is 0 Å². The first-order valence-electron chi connectivity index (χ1n) is 6.01. The van der Waals surface area contributed by atoms with Crippen molar-refractivity contribution in [3.05, 3.63) is 33.8 Å². The van der Waals surface area contributed by atoms with Crippen molar-refractivity contribution in [2.24, 2.45) is 0 Å². The molecule has 1 rings (SSSR count). The molecule has 0 aliphatic rings. The largest absolute Gasteiger partial charge is 0.450 e. The number of carbonyl (C=O) groups is 2. The van der Waals surface area contributed by atoms with Crippen molar-refractivity contribution in [3.8, 4) is 0 Å². The SMILES string of the molecule is CCOC(=O)NC(=O)CN(C)Cc1ccc(Cl)cc1Cl. The minimum atomic E-state index is -0.740. The Labute approximate surface area is 127 Å². The van der Waals surface area contributed by atoms with Crippen LogP contribution in [0.25, 0.3) is 0 Å². The fourth-order valence-corrected chi connectivity index (χ4v) is 2.03. The molecule has 0 saturated heterocycles. The summed E-state index contributed by atoms with van der Waals surface area (Å²) in [7, 11) is 1.75. The lowest BCUT2D eigenvalue weighted by atomic mass is 10.2. The van der Waals surface area contributed by atoms with E-state index >= 15 is 0 Å². The zero-order valence-corrected chi connectivity index (χ0v) is 12.8. The highest BCUT2D eigenvalue weighted by Gasteiger charge is 2.12. The highest BCUT2D eigenvalue weighted by atomic mass is 35.5. The van der Waals surface area contributed by atoms with Crippen molar-refractivity contribution in [3.63, 3.8) is 0 Å². The Hall–Kier alpha value is -1.30. The maximum atomic E-state index is 11.6. The van der Waals surface area contributed by atoms with Crippen molar-refractivity contribution in [2.45, 2.75) is 13.5 Å². The standard InChI is InChI=1S/C13H16Cl2N2O3/c1-3-20-13(19)16-12(18)8-17(2)7-9-4-5-10(14)6-11(9)15/h4-6H,3,7-8H2,1-2H3,(H,16,18,19). The third-order valence-electron chi connectivity index (χ3n) is 2.39. The van der Waals surface area contributed by atoms with E-state index in [0.717, 1.165) is 5.56 Å². The van der Waals surface area contributed by atoms with Gasteiger partial charge in [-0.05, 0) is 31.7 Å². The van der Waals surface area contributed by atoms with Crippen molar-refractivity contribution >= 4 is 35.2 Å². The number of carbonyl (C=O) groups excluding carboxylic acids is 2. The van der Waals surface area contributed by atoms with Crippen LogP contribution in [-0.4, -0.2) is 37.1 Å². The minimum Gasteiger partial charge on any atom is -0.450 e. The fraction of sp³-hybridized carbons (Fsp3) is 0.385. The number of likely N-dealkylation sites (N-methyl/N-ethyl adjacent to an activating group) is 1.